The molecule has 1 unspecified atom stereocenters. The number of hydrogen-bond donors (Lipinski definition) is 3. The summed E-state index contributed by atoms with van der Waals surface area (Å²) in [5.41, 5.74) is 10.7. The number of nitrogens with one attached hydrogen (secondary N) is 3. The van der Waals surface area contributed by atoms with Crippen molar-refractivity contribution in [3.63, 3.8) is 0 Å². The molecule has 2 aromatic carbocycles. The van der Waals surface area contributed by atoms with E-state index in [9.17, 15) is 9.59 Å². The third-order valence-corrected chi connectivity index (χ3v) is 6.96. The topological polar surface area (TPSA) is 89.2 Å². The van der Waals surface area contributed by atoms with Crippen LogP contribution in [0.25, 0.3) is 0 Å². The van der Waals surface area contributed by atoms with E-state index in [1.165, 1.54) is 0 Å². The molecule has 3 aliphatic heterocycles. The first-order chi connectivity index (χ1) is 17.0. The Morgan fingerprint density at radius 2 is 1.71 bits per heavy atom. The summed E-state index contributed by atoms with van der Waals surface area (Å²) in [5.74, 6) is -0.258. The van der Waals surface area contributed by atoms with E-state index >= 15 is 0 Å². The fourth-order valence-corrected chi connectivity index (χ4v) is 4.84. The van der Waals surface area contributed by atoms with E-state index in [1.54, 1.807) is 12.0 Å². The Bertz CT molecular complexity index is 1100. The number of carbonyl (C=O) groups is 2. The summed E-state index contributed by atoms with van der Waals surface area (Å²) in [5, 5.41) is 3.05. The Morgan fingerprint density at radius 3 is 2.40 bits per heavy atom. The molecule has 0 aliphatic carbocycles. The van der Waals surface area contributed by atoms with E-state index in [-0.39, 0.29) is 18.0 Å². The van der Waals surface area contributed by atoms with Gasteiger partial charge in [-0.2, -0.15) is 0 Å². The zero-order chi connectivity index (χ0) is 24.4. The molecular formula is C26H32N6O3. The van der Waals surface area contributed by atoms with Crippen molar-refractivity contribution in [3.05, 3.63) is 77.0 Å². The molecule has 3 N–H and O–H groups in total. The standard InChI is InChI=1S/C26H32N6O3/c1-30-12-14-31(15-13-30)20-10-8-19(9-11-20)25(33)27-24-21-16-32(17-22(21)28-29-24)26(34)23(35-2)18-6-4-3-5-7-18/h3-11,23-24,28-29H,12-17H2,1-2H3,(H,27,33)/t23-,24?/m1/s1. The molecule has 3 aliphatic rings. The zero-order valence-electron chi connectivity index (χ0n) is 20.2. The SMILES string of the molecule is CO[C@@H](C(=O)N1CC2=C(C1)C(NC(=O)c1ccc(N3CCN(C)CC3)cc1)NN2)c1ccccc1. The van der Waals surface area contributed by atoms with Gasteiger partial charge in [0.1, 0.15) is 6.17 Å². The average Bonchev–Trinajstić information content (AvgIpc) is 3.48. The van der Waals surface area contributed by atoms with Crippen molar-refractivity contribution in [2.75, 3.05) is 58.3 Å². The smallest absolute Gasteiger partial charge is 0.256 e. The number of rotatable bonds is 6. The van der Waals surface area contributed by atoms with Crippen molar-refractivity contribution in [2.24, 2.45) is 0 Å². The first kappa shape index (κ1) is 23.3. The molecule has 1 fully saturated rings. The average molecular weight is 477 g/mol. The highest BCUT2D eigenvalue weighted by Crippen LogP contribution is 2.27. The van der Waals surface area contributed by atoms with Gasteiger partial charge in [-0.1, -0.05) is 30.3 Å². The minimum absolute atomic E-state index is 0.0977. The molecule has 184 valence electrons. The number of hydrogen-bond acceptors (Lipinski definition) is 7. The number of hydrazine groups is 1. The summed E-state index contributed by atoms with van der Waals surface area (Å²) in [7, 11) is 3.68. The number of carbonyl (C=O) groups excluding carboxylic acids is 2. The highest BCUT2D eigenvalue weighted by molar-refractivity contribution is 5.95. The van der Waals surface area contributed by atoms with Gasteiger partial charge in [0.2, 0.25) is 0 Å². The quantitative estimate of drug-likeness (QED) is 0.575. The Balaban J connectivity index is 1.19. The number of methoxy groups -OCH3 is 1. The Labute approximate surface area is 205 Å². The van der Waals surface area contributed by atoms with Gasteiger partial charge in [0.25, 0.3) is 11.8 Å². The molecule has 0 saturated carbocycles. The molecule has 3 heterocycles. The van der Waals surface area contributed by atoms with Crippen LogP contribution in [0.1, 0.15) is 22.0 Å². The van der Waals surface area contributed by atoms with Crippen LogP contribution in [0.2, 0.25) is 0 Å². The molecule has 5 rings (SSSR count). The lowest BCUT2D eigenvalue weighted by Gasteiger charge is -2.34. The number of nitrogens with zero attached hydrogens (tertiary/aromatic N) is 3. The highest BCUT2D eigenvalue weighted by Gasteiger charge is 2.38. The molecule has 0 spiro atoms. The van der Waals surface area contributed by atoms with Crippen LogP contribution in [0.5, 0.6) is 0 Å². The molecule has 2 atom stereocenters. The number of benzene rings is 2. The van der Waals surface area contributed by atoms with Crippen LogP contribution in [0.4, 0.5) is 5.69 Å². The van der Waals surface area contributed by atoms with Crippen LogP contribution in [0.15, 0.2) is 65.9 Å². The molecule has 9 nitrogen and oxygen atoms in total. The minimum Gasteiger partial charge on any atom is -0.369 e. The lowest BCUT2D eigenvalue weighted by molar-refractivity contribution is -0.141. The molecule has 1 saturated heterocycles. The molecule has 2 aromatic rings. The first-order valence-electron chi connectivity index (χ1n) is 12.0. The van der Waals surface area contributed by atoms with Gasteiger partial charge < -0.3 is 30.2 Å². The highest BCUT2D eigenvalue weighted by atomic mass is 16.5. The molecule has 0 aromatic heterocycles. The van der Waals surface area contributed by atoms with E-state index in [0.717, 1.165) is 48.7 Å². The van der Waals surface area contributed by atoms with Gasteiger partial charge in [0.05, 0.1) is 12.2 Å². The molecule has 2 amide bonds. The maximum atomic E-state index is 13.2. The summed E-state index contributed by atoms with van der Waals surface area (Å²) in [6.07, 6.45) is -1.04. The van der Waals surface area contributed by atoms with E-state index in [1.807, 2.05) is 54.6 Å². The number of anilines is 1. The predicted molar refractivity (Wildman–Crippen MR) is 133 cm³/mol. The van der Waals surface area contributed by atoms with Gasteiger partial charge in [0, 0.05) is 56.7 Å². The van der Waals surface area contributed by atoms with Gasteiger partial charge >= 0.3 is 0 Å². The van der Waals surface area contributed by atoms with Gasteiger partial charge in [0.15, 0.2) is 6.10 Å². The molecule has 35 heavy (non-hydrogen) atoms. The van der Waals surface area contributed by atoms with E-state index in [4.69, 9.17) is 4.74 Å². The van der Waals surface area contributed by atoms with Crippen LogP contribution in [-0.4, -0.2) is 81.2 Å². The monoisotopic (exact) mass is 476 g/mol. The number of amides is 2. The van der Waals surface area contributed by atoms with Crippen molar-refractivity contribution in [1.29, 1.82) is 0 Å². The van der Waals surface area contributed by atoms with Crippen LogP contribution in [0.3, 0.4) is 0 Å². The third kappa shape index (κ3) is 4.88. The van der Waals surface area contributed by atoms with Crippen LogP contribution in [-0.2, 0) is 9.53 Å². The summed E-state index contributed by atoms with van der Waals surface area (Å²) in [4.78, 5) is 32.5. The van der Waals surface area contributed by atoms with Crippen LogP contribution in [0, 0.1) is 0 Å². The third-order valence-electron chi connectivity index (χ3n) is 6.96. The zero-order valence-corrected chi connectivity index (χ0v) is 20.2. The van der Waals surface area contributed by atoms with Crippen molar-refractivity contribution in [3.8, 4) is 0 Å². The van der Waals surface area contributed by atoms with E-state index in [2.05, 4.69) is 33.0 Å². The maximum Gasteiger partial charge on any atom is 0.256 e. The fraction of sp³-hybridized carbons (Fsp3) is 0.385. The lowest BCUT2D eigenvalue weighted by atomic mass is 10.1. The summed E-state index contributed by atoms with van der Waals surface area (Å²) in [6.45, 7) is 4.92. The number of likely N-dealkylation sites (N-methyl/N-ethyl adjacent to an activating group) is 1. The summed E-state index contributed by atoms with van der Waals surface area (Å²) < 4.78 is 5.52. The Hall–Kier alpha value is -3.40. The number of ether oxygens (including phenoxy) is 1. The Kier molecular flexibility index (Phi) is 6.72. The predicted octanol–water partition coefficient (Wildman–Crippen LogP) is 1.09. The first-order valence-corrected chi connectivity index (χ1v) is 12.0. The summed E-state index contributed by atoms with van der Waals surface area (Å²) >= 11 is 0. The second-order valence-electron chi connectivity index (χ2n) is 9.24. The second-order valence-corrected chi connectivity index (χ2v) is 9.24. The van der Waals surface area contributed by atoms with Crippen LogP contribution < -0.4 is 21.1 Å². The van der Waals surface area contributed by atoms with Gasteiger partial charge in [-0.25, -0.2) is 5.43 Å². The van der Waals surface area contributed by atoms with Gasteiger partial charge in [-0.15, -0.1) is 0 Å². The van der Waals surface area contributed by atoms with E-state index in [0.29, 0.717) is 18.7 Å². The Morgan fingerprint density at radius 1 is 1.00 bits per heavy atom. The second kappa shape index (κ2) is 10.1. The van der Waals surface area contributed by atoms with E-state index < -0.39 is 6.10 Å². The van der Waals surface area contributed by atoms with Crippen LogP contribution >= 0.6 is 0 Å². The van der Waals surface area contributed by atoms with Crippen molar-refractivity contribution < 1.29 is 14.3 Å². The largest absolute Gasteiger partial charge is 0.369 e. The van der Waals surface area contributed by atoms with Gasteiger partial charge in [-0.3, -0.25) is 9.59 Å². The molecule has 0 bridgehead atoms. The maximum absolute atomic E-state index is 13.2. The number of piperazine rings is 1. The van der Waals surface area contributed by atoms with Crippen molar-refractivity contribution in [2.45, 2.75) is 12.3 Å². The van der Waals surface area contributed by atoms with Crippen molar-refractivity contribution in [1.82, 2.24) is 26.0 Å². The molecular weight excluding hydrogens is 444 g/mol. The molecule has 0 radical (unpaired) electrons. The van der Waals surface area contributed by atoms with Gasteiger partial charge in [-0.05, 0) is 36.9 Å². The minimum atomic E-state index is -0.656. The normalized spacial score (nSPS) is 21.0. The lowest BCUT2D eigenvalue weighted by Crippen LogP contribution is -2.49. The van der Waals surface area contributed by atoms with Crippen molar-refractivity contribution >= 4 is 17.5 Å². The fourth-order valence-electron chi connectivity index (χ4n) is 4.84. The summed E-state index contributed by atoms with van der Waals surface area (Å²) in [6, 6.07) is 17.2. The molecule has 9 heteroatoms.